The normalized spacial score (nSPS) is 15.2. The number of methoxy groups -OCH3 is 1. The molecule has 0 aromatic heterocycles. The summed E-state index contributed by atoms with van der Waals surface area (Å²) in [7, 11) is 1.61. The molecule has 0 aliphatic carbocycles. The third-order valence-corrected chi connectivity index (χ3v) is 3.40. The third kappa shape index (κ3) is 3.20. The number of halogens is 1. The quantitative estimate of drug-likeness (QED) is 0.894. The zero-order valence-corrected chi connectivity index (χ0v) is 11.2. The van der Waals surface area contributed by atoms with Crippen LogP contribution in [0.25, 0.3) is 0 Å². The summed E-state index contributed by atoms with van der Waals surface area (Å²) in [4.78, 5) is 11.7. The van der Waals surface area contributed by atoms with E-state index in [-0.39, 0.29) is 5.91 Å². The number of carbonyl (C=O) groups is 1. The number of rotatable bonds is 4. The van der Waals surface area contributed by atoms with E-state index in [4.69, 9.17) is 4.74 Å². The van der Waals surface area contributed by atoms with Crippen LogP contribution in [-0.2, 0) is 4.79 Å². The van der Waals surface area contributed by atoms with Crippen molar-refractivity contribution in [2.45, 2.75) is 6.42 Å². The monoisotopic (exact) mass is 298 g/mol. The second-order valence-electron chi connectivity index (χ2n) is 4.13. The number of benzene rings is 1. The minimum atomic E-state index is 0.0635. The molecular weight excluding hydrogens is 284 g/mol. The van der Waals surface area contributed by atoms with Crippen LogP contribution in [0.15, 0.2) is 22.7 Å². The van der Waals surface area contributed by atoms with Gasteiger partial charge in [-0.1, -0.05) is 0 Å². The summed E-state index contributed by atoms with van der Waals surface area (Å²) in [6, 6.07) is 5.50. The van der Waals surface area contributed by atoms with Gasteiger partial charge >= 0.3 is 0 Å². The predicted octanol–water partition coefficient (Wildman–Crippen LogP) is 2.01. The number of hydrogen-bond donors (Lipinski definition) is 2. The van der Waals surface area contributed by atoms with E-state index in [2.05, 4.69) is 26.6 Å². The van der Waals surface area contributed by atoms with Crippen LogP contribution in [0.4, 0.5) is 5.69 Å². The highest BCUT2D eigenvalue weighted by atomic mass is 79.9. The minimum Gasteiger partial charge on any atom is -0.496 e. The topological polar surface area (TPSA) is 50.4 Å². The van der Waals surface area contributed by atoms with Crippen LogP contribution in [0, 0.1) is 5.92 Å². The Balaban J connectivity index is 1.93. The molecule has 0 spiro atoms. The van der Waals surface area contributed by atoms with Crippen molar-refractivity contribution in [3.05, 3.63) is 22.7 Å². The molecule has 0 saturated carbocycles. The number of carbonyl (C=O) groups excluding carboxylic acids is 1. The fourth-order valence-electron chi connectivity index (χ4n) is 1.71. The summed E-state index contributed by atoms with van der Waals surface area (Å²) in [6.45, 7) is 1.89. The first kappa shape index (κ1) is 12.4. The molecule has 0 radical (unpaired) electrons. The first-order valence-corrected chi connectivity index (χ1v) is 6.32. The predicted molar refractivity (Wildman–Crippen MR) is 70.3 cm³/mol. The van der Waals surface area contributed by atoms with Crippen molar-refractivity contribution in [3.8, 4) is 5.75 Å². The van der Waals surface area contributed by atoms with Gasteiger partial charge in [-0.3, -0.25) is 4.79 Å². The van der Waals surface area contributed by atoms with Gasteiger partial charge in [-0.15, -0.1) is 0 Å². The van der Waals surface area contributed by atoms with E-state index < -0.39 is 0 Å². The van der Waals surface area contributed by atoms with Gasteiger partial charge in [0.05, 0.1) is 11.6 Å². The molecule has 92 valence electrons. The summed E-state index contributed by atoms with van der Waals surface area (Å²) >= 11 is 3.39. The number of hydrogen-bond acceptors (Lipinski definition) is 3. The van der Waals surface area contributed by atoms with E-state index in [1.165, 1.54) is 0 Å². The molecule has 17 heavy (non-hydrogen) atoms. The van der Waals surface area contributed by atoms with Crippen molar-refractivity contribution in [1.29, 1.82) is 0 Å². The smallest absolute Gasteiger partial charge is 0.224 e. The van der Waals surface area contributed by atoms with E-state index in [9.17, 15) is 4.79 Å². The first-order chi connectivity index (χ1) is 8.19. The summed E-state index contributed by atoms with van der Waals surface area (Å²) in [5.41, 5.74) is 0.787. The Labute approximate surface area is 109 Å². The molecule has 1 aliphatic rings. The second kappa shape index (κ2) is 5.51. The van der Waals surface area contributed by atoms with Crippen LogP contribution in [0.2, 0.25) is 0 Å². The lowest BCUT2D eigenvalue weighted by molar-refractivity contribution is -0.117. The average Bonchev–Trinajstić information content (AvgIpc) is 2.24. The van der Waals surface area contributed by atoms with Gasteiger partial charge in [-0.2, -0.15) is 0 Å². The van der Waals surface area contributed by atoms with Crippen LogP contribution in [-0.4, -0.2) is 26.1 Å². The molecule has 0 unspecified atom stereocenters. The molecule has 1 saturated heterocycles. The molecule has 0 bridgehead atoms. The Morgan fingerprint density at radius 3 is 2.88 bits per heavy atom. The van der Waals surface area contributed by atoms with Crippen LogP contribution >= 0.6 is 15.9 Å². The van der Waals surface area contributed by atoms with Gasteiger partial charge in [-0.25, -0.2) is 0 Å². The summed E-state index contributed by atoms with van der Waals surface area (Å²) in [5, 5.41) is 6.03. The van der Waals surface area contributed by atoms with Gasteiger partial charge < -0.3 is 15.4 Å². The van der Waals surface area contributed by atoms with E-state index >= 15 is 0 Å². The lowest BCUT2D eigenvalue weighted by atomic mass is 9.99. The molecule has 1 aromatic carbocycles. The number of anilines is 1. The molecule has 1 aliphatic heterocycles. The summed E-state index contributed by atoms with van der Waals surface area (Å²) in [5.74, 6) is 1.30. The van der Waals surface area contributed by atoms with Gasteiger partial charge in [0, 0.05) is 12.1 Å². The highest BCUT2D eigenvalue weighted by molar-refractivity contribution is 9.10. The SMILES string of the molecule is COc1ccc(NC(=O)CC2CNC2)cc1Br. The van der Waals surface area contributed by atoms with Gasteiger partial charge in [-0.05, 0) is 53.1 Å². The highest BCUT2D eigenvalue weighted by Crippen LogP contribution is 2.27. The fraction of sp³-hybridized carbons (Fsp3) is 0.417. The molecule has 1 heterocycles. The van der Waals surface area contributed by atoms with Gasteiger partial charge in [0.25, 0.3) is 0 Å². The lowest BCUT2D eigenvalue weighted by Crippen LogP contribution is -2.43. The highest BCUT2D eigenvalue weighted by Gasteiger charge is 2.20. The molecule has 1 amide bonds. The van der Waals surface area contributed by atoms with Crippen molar-refractivity contribution in [1.82, 2.24) is 5.32 Å². The maximum atomic E-state index is 11.7. The second-order valence-corrected chi connectivity index (χ2v) is 4.98. The molecule has 0 atom stereocenters. The fourth-order valence-corrected chi connectivity index (χ4v) is 2.25. The average molecular weight is 299 g/mol. The summed E-state index contributed by atoms with van der Waals surface area (Å²) in [6.07, 6.45) is 0.580. The molecule has 1 aromatic rings. The molecule has 2 N–H and O–H groups in total. The first-order valence-electron chi connectivity index (χ1n) is 5.53. The Bertz CT molecular complexity index is 419. The molecule has 5 heteroatoms. The summed E-state index contributed by atoms with van der Waals surface area (Å²) < 4.78 is 5.96. The molecule has 2 rings (SSSR count). The maximum absolute atomic E-state index is 11.7. The van der Waals surface area contributed by atoms with Crippen LogP contribution in [0.3, 0.4) is 0 Å². The Kier molecular flexibility index (Phi) is 4.02. The Hall–Kier alpha value is -1.07. The van der Waals surface area contributed by atoms with Gasteiger partial charge in [0.2, 0.25) is 5.91 Å². The lowest BCUT2D eigenvalue weighted by Gasteiger charge is -2.26. The van der Waals surface area contributed by atoms with Crippen molar-refractivity contribution in [2.24, 2.45) is 5.92 Å². The van der Waals surface area contributed by atoms with Crippen molar-refractivity contribution in [3.63, 3.8) is 0 Å². The zero-order chi connectivity index (χ0) is 12.3. The third-order valence-electron chi connectivity index (χ3n) is 2.78. The number of nitrogens with one attached hydrogen (secondary N) is 2. The Morgan fingerprint density at radius 1 is 1.59 bits per heavy atom. The van der Waals surface area contributed by atoms with Crippen molar-refractivity contribution in [2.75, 3.05) is 25.5 Å². The van der Waals surface area contributed by atoms with Crippen molar-refractivity contribution < 1.29 is 9.53 Å². The van der Waals surface area contributed by atoms with E-state index in [0.29, 0.717) is 12.3 Å². The minimum absolute atomic E-state index is 0.0635. The Morgan fingerprint density at radius 2 is 2.35 bits per heavy atom. The van der Waals surface area contributed by atoms with Gasteiger partial charge in [0.15, 0.2) is 0 Å². The van der Waals surface area contributed by atoms with E-state index in [1.807, 2.05) is 18.2 Å². The largest absolute Gasteiger partial charge is 0.496 e. The number of amides is 1. The van der Waals surface area contributed by atoms with E-state index in [0.717, 1.165) is 29.0 Å². The van der Waals surface area contributed by atoms with Crippen LogP contribution < -0.4 is 15.4 Å². The maximum Gasteiger partial charge on any atom is 0.224 e. The van der Waals surface area contributed by atoms with Crippen LogP contribution in [0.1, 0.15) is 6.42 Å². The standard InChI is InChI=1S/C12H15BrN2O2/c1-17-11-3-2-9(5-10(11)13)15-12(16)4-8-6-14-7-8/h2-3,5,8,14H,4,6-7H2,1H3,(H,15,16). The molecular formula is C12H15BrN2O2. The van der Waals surface area contributed by atoms with E-state index in [1.54, 1.807) is 7.11 Å². The van der Waals surface area contributed by atoms with Crippen LogP contribution in [0.5, 0.6) is 5.75 Å². The van der Waals surface area contributed by atoms with Crippen molar-refractivity contribution >= 4 is 27.5 Å². The molecule has 4 nitrogen and oxygen atoms in total. The molecule has 1 fully saturated rings. The number of ether oxygens (including phenoxy) is 1. The zero-order valence-electron chi connectivity index (χ0n) is 9.63. The van der Waals surface area contributed by atoms with Gasteiger partial charge in [0.1, 0.15) is 5.75 Å².